The number of fused-ring (bicyclic) bond motifs is 1. The molecule has 0 aliphatic carbocycles. The third-order valence-electron chi connectivity index (χ3n) is 5.14. The first-order chi connectivity index (χ1) is 15.5. The van der Waals surface area contributed by atoms with Gasteiger partial charge in [-0.25, -0.2) is 9.78 Å². The van der Waals surface area contributed by atoms with Gasteiger partial charge in [0.05, 0.1) is 16.6 Å². The highest BCUT2D eigenvalue weighted by molar-refractivity contribution is 6.31. The van der Waals surface area contributed by atoms with Gasteiger partial charge in [0.1, 0.15) is 5.82 Å². The van der Waals surface area contributed by atoms with Gasteiger partial charge in [0.15, 0.2) is 6.10 Å². The number of hydrogen-bond acceptors (Lipinski definition) is 4. The Bertz CT molecular complexity index is 1270. The van der Waals surface area contributed by atoms with Crippen LogP contribution >= 0.6 is 11.6 Å². The van der Waals surface area contributed by atoms with Crippen molar-refractivity contribution < 1.29 is 14.3 Å². The Morgan fingerprint density at radius 1 is 1.09 bits per heavy atom. The molecule has 1 amide bonds. The predicted octanol–water partition coefficient (Wildman–Crippen LogP) is 5.77. The summed E-state index contributed by atoms with van der Waals surface area (Å²) in [5, 5.41) is 3.31. The number of H-pyrrole nitrogens is 1. The van der Waals surface area contributed by atoms with Crippen molar-refractivity contribution in [3.05, 3.63) is 82.9 Å². The minimum atomic E-state index is -0.952. The summed E-state index contributed by atoms with van der Waals surface area (Å²) >= 11 is 6.13. The Labute approximate surface area is 190 Å². The van der Waals surface area contributed by atoms with Crippen molar-refractivity contribution in [2.75, 3.05) is 5.32 Å². The van der Waals surface area contributed by atoms with Crippen LogP contribution in [-0.4, -0.2) is 27.9 Å². The van der Waals surface area contributed by atoms with Crippen molar-refractivity contribution in [3.8, 4) is 11.4 Å². The maximum Gasteiger partial charge on any atom is 0.339 e. The second-order valence-electron chi connectivity index (χ2n) is 7.40. The van der Waals surface area contributed by atoms with Gasteiger partial charge < -0.3 is 15.0 Å². The third-order valence-corrected chi connectivity index (χ3v) is 5.55. The first-order valence-corrected chi connectivity index (χ1v) is 10.7. The van der Waals surface area contributed by atoms with Crippen LogP contribution in [0, 0.1) is 6.92 Å². The third kappa shape index (κ3) is 4.50. The van der Waals surface area contributed by atoms with Crippen LogP contribution in [0.1, 0.15) is 29.3 Å². The molecule has 1 atom stereocenters. The normalized spacial score (nSPS) is 11.8. The van der Waals surface area contributed by atoms with E-state index in [-0.39, 0.29) is 0 Å². The number of nitrogens with one attached hydrogen (secondary N) is 2. The van der Waals surface area contributed by atoms with E-state index in [4.69, 9.17) is 16.3 Å². The van der Waals surface area contributed by atoms with Crippen LogP contribution in [0.5, 0.6) is 0 Å². The number of anilines is 1. The molecular formula is C25H22ClN3O3. The van der Waals surface area contributed by atoms with E-state index in [1.807, 2.05) is 43.3 Å². The zero-order chi connectivity index (χ0) is 22.7. The summed E-state index contributed by atoms with van der Waals surface area (Å²) in [6, 6.07) is 19.9. The number of aryl methyl sites for hydroxylation is 1. The molecule has 1 heterocycles. The van der Waals surface area contributed by atoms with E-state index in [0.717, 1.165) is 16.6 Å². The lowest BCUT2D eigenvalue weighted by Gasteiger charge is -2.17. The predicted molar refractivity (Wildman–Crippen MR) is 126 cm³/mol. The smallest absolute Gasteiger partial charge is 0.339 e. The SMILES string of the molecule is CCC(OC(=O)c1ccccc1-c1nc2ccccc2[nH]1)C(=O)Nc1ccc(C)c(Cl)c1. The maximum atomic E-state index is 13.0. The molecule has 1 aromatic heterocycles. The molecule has 1 unspecified atom stereocenters. The average Bonchev–Trinajstić information content (AvgIpc) is 3.24. The Morgan fingerprint density at radius 3 is 2.59 bits per heavy atom. The Kier molecular flexibility index (Phi) is 6.23. The van der Waals surface area contributed by atoms with E-state index in [0.29, 0.717) is 34.1 Å². The minimum absolute atomic E-state index is 0.323. The number of hydrogen-bond donors (Lipinski definition) is 2. The molecule has 0 aliphatic heterocycles. The number of amides is 1. The van der Waals surface area contributed by atoms with E-state index < -0.39 is 18.0 Å². The first-order valence-electron chi connectivity index (χ1n) is 10.3. The molecule has 0 saturated carbocycles. The van der Waals surface area contributed by atoms with E-state index in [9.17, 15) is 9.59 Å². The standard InChI is InChI=1S/C25H22ClN3O3/c1-3-22(24(30)27-16-13-12-15(2)19(26)14-16)32-25(31)18-9-5-4-8-17(18)23-28-20-10-6-7-11-21(20)29-23/h4-14,22H,3H2,1-2H3,(H,27,30)(H,28,29). The summed E-state index contributed by atoms with van der Waals surface area (Å²) in [4.78, 5) is 33.5. The fraction of sp³-hybridized carbons (Fsp3) is 0.160. The van der Waals surface area contributed by atoms with Crippen molar-refractivity contribution in [1.29, 1.82) is 0 Å². The van der Waals surface area contributed by atoms with E-state index in [1.54, 1.807) is 37.3 Å². The molecule has 0 spiro atoms. The fourth-order valence-corrected chi connectivity index (χ4v) is 3.54. The van der Waals surface area contributed by atoms with Gasteiger partial charge in [0.2, 0.25) is 0 Å². The Morgan fingerprint density at radius 2 is 1.84 bits per heavy atom. The van der Waals surface area contributed by atoms with Crippen LogP contribution < -0.4 is 5.32 Å². The molecule has 7 heteroatoms. The molecule has 162 valence electrons. The zero-order valence-electron chi connectivity index (χ0n) is 17.7. The van der Waals surface area contributed by atoms with Gasteiger partial charge in [-0.3, -0.25) is 4.79 Å². The van der Waals surface area contributed by atoms with E-state index in [2.05, 4.69) is 15.3 Å². The van der Waals surface area contributed by atoms with E-state index >= 15 is 0 Å². The van der Waals surface area contributed by atoms with Gasteiger partial charge in [-0.15, -0.1) is 0 Å². The molecule has 6 nitrogen and oxygen atoms in total. The maximum absolute atomic E-state index is 13.0. The number of carbonyl (C=O) groups excluding carboxylic acids is 2. The number of benzene rings is 3. The fourth-order valence-electron chi connectivity index (χ4n) is 3.36. The molecule has 4 aromatic rings. The molecule has 0 radical (unpaired) electrons. The Balaban J connectivity index is 1.55. The lowest BCUT2D eigenvalue weighted by Crippen LogP contribution is -2.32. The van der Waals surface area contributed by atoms with Crippen LogP contribution in [0.3, 0.4) is 0 Å². The zero-order valence-corrected chi connectivity index (χ0v) is 18.4. The molecule has 0 bridgehead atoms. The molecule has 0 fully saturated rings. The molecule has 0 saturated heterocycles. The van der Waals surface area contributed by atoms with Crippen molar-refractivity contribution >= 4 is 40.2 Å². The highest BCUT2D eigenvalue weighted by Crippen LogP contribution is 2.25. The highest BCUT2D eigenvalue weighted by Gasteiger charge is 2.24. The molecule has 3 aromatic carbocycles. The van der Waals surface area contributed by atoms with Crippen LogP contribution in [0.15, 0.2) is 66.7 Å². The summed E-state index contributed by atoms with van der Waals surface area (Å²) in [6.07, 6.45) is -0.629. The van der Waals surface area contributed by atoms with Gasteiger partial charge in [-0.2, -0.15) is 0 Å². The summed E-state index contributed by atoms with van der Waals surface area (Å²) in [7, 11) is 0. The van der Waals surface area contributed by atoms with Crippen molar-refractivity contribution in [2.24, 2.45) is 0 Å². The van der Waals surface area contributed by atoms with E-state index in [1.165, 1.54) is 0 Å². The van der Waals surface area contributed by atoms with Gasteiger partial charge in [0, 0.05) is 16.3 Å². The largest absolute Gasteiger partial charge is 0.449 e. The molecule has 0 aliphatic rings. The monoisotopic (exact) mass is 447 g/mol. The van der Waals surface area contributed by atoms with Crippen LogP contribution in [0.2, 0.25) is 5.02 Å². The number of esters is 1. The molecule has 4 rings (SSSR count). The van der Waals surface area contributed by atoms with Gasteiger partial charge in [-0.1, -0.05) is 54.9 Å². The quantitative estimate of drug-likeness (QED) is 0.368. The molecular weight excluding hydrogens is 426 g/mol. The lowest BCUT2D eigenvalue weighted by molar-refractivity contribution is -0.124. The van der Waals surface area contributed by atoms with Crippen LogP contribution in [0.25, 0.3) is 22.4 Å². The summed E-state index contributed by atoms with van der Waals surface area (Å²) in [5.74, 6) is -0.447. The highest BCUT2D eigenvalue weighted by atomic mass is 35.5. The minimum Gasteiger partial charge on any atom is -0.449 e. The summed E-state index contributed by atoms with van der Waals surface area (Å²) in [5.41, 5.74) is 4.06. The van der Waals surface area contributed by atoms with Crippen LogP contribution in [0.4, 0.5) is 5.69 Å². The Hall–Kier alpha value is -3.64. The summed E-state index contributed by atoms with van der Waals surface area (Å²) < 4.78 is 5.58. The number of halogens is 1. The van der Waals surface area contributed by atoms with Crippen molar-refractivity contribution in [2.45, 2.75) is 26.4 Å². The topological polar surface area (TPSA) is 84.1 Å². The number of rotatable bonds is 6. The number of para-hydroxylation sites is 2. The number of nitrogens with zero attached hydrogens (tertiary/aromatic N) is 1. The second kappa shape index (κ2) is 9.24. The first kappa shape index (κ1) is 21.6. The van der Waals surface area contributed by atoms with Gasteiger partial charge >= 0.3 is 5.97 Å². The van der Waals surface area contributed by atoms with Gasteiger partial charge in [0.25, 0.3) is 5.91 Å². The average molecular weight is 448 g/mol. The molecule has 32 heavy (non-hydrogen) atoms. The van der Waals surface area contributed by atoms with Crippen LogP contribution in [-0.2, 0) is 9.53 Å². The number of aromatic nitrogens is 2. The number of carbonyl (C=O) groups is 2. The number of imidazole rings is 1. The number of aromatic amines is 1. The van der Waals surface area contributed by atoms with Crippen molar-refractivity contribution in [1.82, 2.24) is 9.97 Å². The lowest BCUT2D eigenvalue weighted by atomic mass is 10.1. The second-order valence-corrected chi connectivity index (χ2v) is 7.81. The van der Waals surface area contributed by atoms with Gasteiger partial charge in [-0.05, 0) is 49.2 Å². The van der Waals surface area contributed by atoms with Crippen molar-refractivity contribution in [3.63, 3.8) is 0 Å². The number of ether oxygens (including phenoxy) is 1. The molecule has 2 N–H and O–H groups in total. The summed E-state index contributed by atoms with van der Waals surface area (Å²) in [6.45, 7) is 3.66.